The van der Waals surface area contributed by atoms with Crippen LogP contribution in [0.15, 0.2) is 40.4 Å². The minimum absolute atomic E-state index is 0.127. The summed E-state index contributed by atoms with van der Waals surface area (Å²) in [5.41, 5.74) is 2.76. The van der Waals surface area contributed by atoms with E-state index >= 15 is 0 Å². The summed E-state index contributed by atoms with van der Waals surface area (Å²) in [6.07, 6.45) is 3.53. The number of halogens is 1. The van der Waals surface area contributed by atoms with E-state index in [2.05, 4.69) is 42.8 Å². The van der Waals surface area contributed by atoms with Gasteiger partial charge < -0.3 is 4.74 Å². The minimum Gasteiger partial charge on any atom is -0.469 e. The van der Waals surface area contributed by atoms with Gasteiger partial charge in [0.25, 0.3) is 0 Å². The van der Waals surface area contributed by atoms with E-state index in [1.165, 1.54) is 19.1 Å². The zero-order chi connectivity index (χ0) is 16.1. The first-order valence-electron chi connectivity index (χ1n) is 7.88. The van der Waals surface area contributed by atoms with Gasteiger partial charge in [0.05, 0.1) is 13.0 Å². The van der Waals surface area contributed by atoms with Crippen LogP contribution in [0.1, 0.15) is 38.7 Å². The molecule has 4 rings (SSSR count). The Kier molecular flexibility index (Phi) is 3.96. The smallest absolute Gasteiger partial charge is 0.313 e. The Morgan fingerprint density at radius 3 is 2.45 bits per heavy atom. The zero-order valence-electron chi connectivity index (χ0n) is 13.6. The van der Waals surface area contributed by atoms with Crippen molar-refractivity contribution in [3.8, 4) is 0 Å². The van der Waals surface area contributed by atoms with Crippen LogP contribution in [0.5, 0.6) is 0 Å². The molecule has 2 bridgehead atoms. The fourth-order valence-electron chi connectivity index (χ4n) is 4.56. The average Bonchev–Trinajstić information content (AvgIpc) is 2.48. The third-order valence-electron chi connectivity index (χ3n) is 5.88. The highest BCUT2D eigenvalue weighted by molar-refractivity contribution is 9.10. The summed E-state index contributed by atoms with van der Waals surface area (Å²) in [6, 6.07) is 8.07. The second kappa shape index (κ2) is 5.52. The Morgan fingerprint density at radius 1 is 1.32 bits per heavy atom. The van der Waals surface area contributed by atoms with Crippen molar-refractivity contribution in [2.24, 2.45) is 23.2 Å². The molecule has 0 saturated heterocycles. The van der Waals surface area contributed by atoms with Crippen LogP contribution in [0.2, 0.25) is 0 Å². The molecular weight excluding hydrogens is 340 g/mol. The third-order valence-corrected chi connectivity index (χ3v) is 6.41. The largest absolute Gasteiger partial charge is 0.469 e. The highest BCUT2D eigenvalue weighted by atomic mass is 79.9. The van der Waals surface area contributed by atoms with Crippen molar-refractivity contribution in [1.29, 1.82) is 0 Å². The van der Waals surface area contributed by atoms with Gasteiger partial charge in [0.15, 0.2) is 0 Å². The minimum atomic E-state index is -0.210. The normalized spacial score (nSPS) is 30.0. The maximum absolute atomic E-state index is 12.5. The van der Waals surface area contributed by atoms with Crippen LogP contribution in [-0.4, -0.2) is 13.1 Å². The van der Waals surface area contributed by atoms with Crippen LogP contribution < -0.4 is 0 Å². The molecule has 0 radical (unpaired) electrons. The van der Waals surface area contributed by atoms with Crippen LogP contribution in [0.25, 0.3) is 0 Å². The first-order valence-corrected chi connectivity index (χ1v) is 8.67. The lowest BCUT2D eigenvalue weighted by atomic mass is 9.44. The van der Waals surface area contributed by atoms with Crippen molar-refractivity contribution in [3.05, 3.63) is 46.0 Å². The van der Waals surface area contributed by atoms with Gasteiger partial charge in [-0.2, -0.15) is 0 Å². The van der Waals surface area contributed by atoms with Crippen molar-refractivity contribution in [2.75, 3.05) is 7.11 Å². The molecule has 22 heavy (non-hydrogen) atoms. The van der Waals surface area contributed by atoms with E-state index in [0.717, 1.165) is 10.0 Å². The summed E-state index contributed by atoms with van der Waals surface area (Å²) >= 11 is 3.46. The number of allylic oxidation sites excluding steroid dienone is 2. The molecule has 0 N–H and O–H groups in total. The van der Waals surface area contributed by atoms with E-state index in [4.69, 9.17) is 4.74 Å². The molecule has 2 nitrogen and oxygen atoms in total. The van der Waals surface area contributed by atoms with Gasteiger partial charge in [-0.05, 0) is 54.2 Å². The quantitative estimate of drug-likeness (QED) is 0.561. The summed E-state index contributed by atoms with van der Waals surface area (Å²) in [6.45, 7) is 6.89. The van der Waals surface area contributed by atoms with Crippen LogP contribution in [0, 0.1) is 23.2 Å². The highest BCUT2D eigenvalue weighted by Gasteiger charge is 2.56. The maximum Gasteiger partial charge on any atom is 0.313 e. The molecule has 3 aliphatic rings. The molecule has 118 valence electrons. The van der Waals surface area contributed by atoms with E-state index in [1.54, 1.807) is 0 Å². The van der Waals surface area contributed by atoms with Crippen molar-refractivity contribution in [1.82, 2.24) is 0 Å². The molecular formula is C19H23BrO2. The number of ether oxygens (including phenoxy) is 1. The van der Waals surface area contributed by atoms with Gasteiger partial charge >= 0.3 is 5.97 Å². The number of hydrogen-bond donors (Lipinski definition) is 0. The van der Waals surface area contributed by atoms with Gasteiger partial charge in [-0.3, -0.25) is 4.79 Å². The Morgan fingerprint density at radius 2 is 1.95 bits per heavy atom. The average molecular weight is 363 g/mol. The Hall–Kier alpha value is -1.09. The lowest BCUT2D eigenvalue weighted by molar-refractivity contribution is -0.146. The van der Waals surface area contributed by atoms with E-state index in [9.17, 15) is 4.79 Å². The van der Waals surface area contributed by atoms with Crippen molar-refractivity contribution < 1.29 is 9.53 Å². The molecule has 1 saturated carbocycles. The molecule has 0 unspecified atom stereocenters. The fraction of sp³-hybridized carbons (Fsp3) is 0.526. The number of carbonyl (C=O) groups is 1. The van der Waals surface area contributed by atoms with E-state index in [1.807, 2.05) is 24.3 Å². The topological polar surface area (TPSA) is 26.3 Å². The van der Waals surface area contributed by atoms with Crippen molar-refractivity contribution in [2.45, 2.75) is 33.1 Å². The van der Waals surface area contributed by atoms with Gasteiger partial charge in [0, 0.05) is 4.47 Å². The van der Waals surface area contributed by atoms with Gasteiger partial charge in [-0.25, -0.2) is 0 Å². The van der Waals surface area contributed by atoms with Crippen molar-refractivity contribution in [3.63, 3.8) is 0 Å². The van der Waals surface area contributed by atoms with E-state index in [-0.39, 0.29) is 23.2 Å². The summed E-state index contributed by atoms with van der Waals surface area (Å²) in [7, 11) is 1.49. The van der Waals surface area contributed by atoms with E-state index in [0.29, 0.717) is 11.8 Å². The maximum atomic E-state index is 12.5. The van der Waals surface area contributed by atoms with Gasteiger partial charge in [0.1, 0.15) is 0 Å². The first kappa shape index (κ1) is 15.8. The zero-order valence-corrected chi connectivity index (χ0v) is 15.2. The summed E-state index contributed by atoms with van der Waals surface area (Å²) in [4.78, 5) is 12.5. The monoisotopic (exact) mass is 362 g/mol. The fourth-order valence-corrected chi connectivity index (χ4v) is 4.83. The number of rotatable bonds is 3. The number of methoxy groups -OCH3 is 1. The SMILES string of the molecule is COC(=O)[C@H](c1ccc(Br)cc1)[C@H]1C=C(C)[C@H]2C[C@@H]1C2(C)C. The number of hydrogen-bond acceptors (Lipinski definition) is 2. The summed E-state index contributed by atoms with van der Waals surface area (Å²) in [5, 5.41) is 0. The molecule has 0 aliphatic heterocycles. The molecule has 3 heteroatoms. The van der Waals surface area contributed by atoms with Gasteiger partial charge in [-0.1, -0.05) is 53.6 Å². The summed E-state index contributed by atoms with van der Waals surface area (Å²) in [5.74, 6) is 1.12. The Bertz CT molecular complexity index is 615. The highest BCUT2D eigenvalue weighted by Crippen LogP contribution is 2.63. The third kappa shape index (κ3) is 2.34. The predicted octanol–water partition coefficient (Wildman–Crippen LogP) is 4.94. The number of carbonyl (C=O) groups excluding carboxylic acids is 1. The molecule has 4 atom stereocenters. The number of esters is 1. The van der Waals surface area contributed by atoms with Crippen LogP contribution in [0.4, 0.5) is 0 Å². The lowest BCUT2D eigenvalue weighted by Crippen LogP contribution is -2.53. The Labute approximate surface area is 141 Å². The summed E-state index contributed by atoms with van der Waals surface area (Å²) < 4.78 is 6.17. The van der Waals surface area contributed by atoms with Gasteiger partial charge in [-0.15, -0.1) is 0 Å². The van der Waals surface area contributed by atoms with Gasteiger partial charge in [0.2, 0.25) is 0 Å². The second-order valence-electron chi connectivity index (χ2n) is 7.26. The molecule has 0 heterocycles. The standard InChI is InChI=1S/C19H23BrO2/c1-11-9-14(16-10-15(11)19(16,2)3)17(18(21)22-4)12-5-7-13(20)8-6-12/h5-9,14-17H,10H2,1-4H3/t14-,15+,16-,17+/m0/s1. The molecule has 0 amide bonds. The van der Waals surface area contributed by atoms with Crippen LogP contribution in [0.3, 0.4) is 0 Å². The molecule has 3 aliphatic carbocycles. The predicted molar refractivity (Wildman–Crippen MR) is 91.5 cm³/mol. The van der Waals surface area contributed by atoms with Crippen molar-refractivity contribution >= 4 is 21.9 Å². The molecule has 1 aromatic rings. The van der Waals surface area contributed by atoms with Crippen LogP contribution in [-0.2, 0) is 9.53 Å². The second-order valence-corrected chi connectivity index (χ2v) is 8.17. The first-order chi connectivity index (χ1) is 10.4. The molecule has 0 spiro atoms. The number of fused-ring (bicyclic) bond motifs is 1. The van der Waals surface area contributed by atoms with Crippen LogP contribution >= 0.6 is 15.9 Å². The molecule has 1 aromatic carbocycles. The number of benzene rings is 1. The molecule has 1 fully saturated rings. The van der Waals surface area contributed by atoms with E-state index < -0.39 is 0 Å². The molecule has 0 aromatic heterocycles. The lowest BCUT2D eigenvalue weighted by Gasteiger charge is -2.60. The Balaban J connectivity index is 2.02.